The highest BCUT2D eigenvalue weighted by Gasteiger charge is 2.36. The topological polar surface area (TPSA) is 101 Å². The first-order valence-corrected chi connectivity index (χ1v) is 8.38. The number of nitrogens with two attached hydrogens (primary N) is 1. The fourth-order valence-electron chi connectivity index (χ4n) is 3.55. The van der Waals surface area contributed by atoms with E-state index in [1.165, 1.54) is 0 Å². The summed E-state index contributed by atoms with van der Waals surface area (Å²) >= 11 is 0. The van der Waals surface area contributed by atoms with E-state index in [0.717, 1.165) is 46.9 Å². The highest BCUT2D eigenvalue weighted by Crippen LogP contribution is 2.36. The van der Waals surface area contributed by atoms with Crippen molar-refractivity contribution >= 4 is 17.4 Å². The second kappa shape index (κ2) is 5.31. The fourth-order valence-corrected chi connectivity index (χ4v) is 3.55. The Morgan fingerprint density at radius 3 is 2.60 bits per heavy atom. The van der Waals surface area contributed by atoms with Gasteiger partial charge in [0.15, 0.2) is 5.78 Å². The van der Waals surface area contributed by atoms with Gasteiger partial charge >= 0.3 is 0 Å². The number of nitrogens with one attached hydrogen (secondary N) is 2. The number of imidazole rings is 1. The smallest absolute Gasteiger partial charge is 0.248 e. The highest BCUT2D eigenvalue weighted by molar-refractivity contribution is 6.05. The predicted octanol–water partition coefficient (Wildman–Crippen LogP) is 2.17. The maximum Gasteiger partial charge on any atom is 0.248 e. The van der Waals surface area contributed by atoms with Crippen molar-refractivity contribution in [2.24, 2.45) is 5.73 Å². The van der Waals surface area contributed by atoms with E-state index >= 15 is 0 Å². The lowest BCUT2D eigenvalue weighted by Crippen LogP contribution is -2.45. The van der Waals surface area contributed by atoms with Gasteiger partial charge in [-0.05, 0) is 38.8 Å². The van der Waals surface area contributed by atoms with Gasteiger partial charge < -0.3 is 16.0 Å². The number of hydrogen-bond donors (Lipinski definition) is 3. The van der Waals surface area contributed by atoms with Crippen LogP contribution in [0.5, 0.6) is 0 Å². The minimum absolute atomic E-state index is 0.214. The van der Waals surface area contributed by atoms with Crippen molar-refractivity contribution in [1.82, 2.24) is 15.3 Å². The maximum atomic E-state index is 12.5. The quantitative estimate of drug-likeness (QED) is 0.782. The van der Waals surface area contributed by atoms with Gasteiger partial charge in [0.05, 0.1) is 17.1 Å². The van der Waals surface area contributed by atoms with Gasteiger partial charge in [0.2, 0.25) is 5.91 Å². The van der Waals surface area contributed by atoms with Gasteiger partial charge in [-0.25, -0.2) is 4.98 Å². The molecule has 4 rings (SSSR count). The molecule has 2 aliphatic rings. The SMILES string of the molecule is CC1(C)CC(=O)C2=C(N1)c1[nH]c(-c3ccc(C(N)=O)cc3)nc1CC2. The summed E-state index contributed by atoms with van der Waals surface area (Å²) in [5.41, 5.74) is 9.98. The summed E-state index contributed by atoms with van der Waals surface area (Å²) in [6, 6.07) is 7.02. The number of hydrogen-bond acceptors (Lipinski definition) is 4. The molecule has 0 unspecified atom stereocenters. The Kier molecular flexibility index (Phi) is 3.32. The summed E-state index contributed by atoms with van der Waals surface area (Å²) in [4.78, 5) is 31.7. The Bertz CT molecular complexity index is 919. The third kappa shape index (κ3) is 2.63. The van der Waals surface area contributed by atoms with Gasteiger partial charge in [-0.3, -0.25) is 9.59 Å². The zero-order chi connectivity index (χ0) is 17.8. The van der Waals surface area contributed by atoms with Crippen LogP contribution in [-0.4, -0.2) is 27.2 Å². The Morgan fingerprint density at radius 2 is 1.92 bits per heavy atom. The Balaban J connectivity index is 1.75. The number of nitrogens with zero attached hydrogens (tertiary/aromatic N) is 1. The summed E-state index contributed by atoms with van der Waals surface area (Å²) < 4.78 is 0. The lowest BCUT2D eigenvalue weighted by Gasteiger charge is -2.36. The molecule has 4 N–H and O–H groups in total. The van der Waals surface area contributed by atoms with E-state index in [9.17, 15) is 9.59 Å². The molecule has 2 aromatic rings. The number of aromatic amines is 1. The number of H-pyrrole nitrogens is 1. The number of primary amides is 1. The van der Waals surface area contributed by atoms with Crippen LogP contribution in [0.15, 0.2) is 29.8 Å². The molecule has 1 aromatic carbocycles. The van der Waals surface area contributed by atoms with E-state index in [-0.39, 0.29) is 11.3 Å². The molecule has 0 saturated heterocycles. The van der Waals surface area contributed by atoms with Gasteiger partial charge in [-0.1, -0.05) is 12.1 Å². The number of fused-ring (bicyclic) bond motifs is 2. The van der Waals surface area contributed by atoms with Crippen molar-refractivity contribution in [3.63, 3.8) is 0 Å². The number of carbonyl (C=O) groups excluding carboxylic acids is 2. The van der Waals surface area contributed by atoms with Gasteiger partial charge in [0, 0.05) is 28.7 Å². The van der Waals surface area contributed by atoms with Gasteiger partial charge in [0.25, 0.3) is 0 Å². The molecule has 128 valence electrons. The molecule has 2 heterocycles. The first kappa shape index (κ1) is 15.6. The number of aromatic nitrogens is 2. The molecule has 6 nitrogen and oxygen atoms in total. The lowest BCUT2D eigenvalue weighted by molar-refractivity contribution is -0.117. The van der Waals surface area contributed by atoms with Crippen LogP contribution in [-0.2, 0) is 11.2 Å². The normalized spacial score (nSPS) is 18.4. The largest absolute Gasteiger partial charge is 0.378 e. The number of aryl methyl sites for hydroxylation is 1. The summed E-state index contributed by atoms with van der Waals surface area (Å²) in [6.45, 7) is 4.06. The zero-order valence-corrected chi connectivity index (χ0v) is 14.3. The average molecular weight is 336 g/mol. The molecule has 0 bridgehead atoms. The summed E-state index contributed by atoms with van der Waals surface area (Å²) in [5, 5.41) is 3.50. The standard InChI is InChI=1S/C19H20N4O2/c1-19(2)9-14(24)12-7-8-13-16(15(12)23-19)22-18(21-13)11-5-3-10(4-6-11)17(20)25/h3-6,23H,7-9H2,1-2H3,(H2,20,25)(H,21,22). The monoisotopic (exact) mass is 336 g/mol. The number of benzene rings is 1. The first-order chi connectivity index (χ1) is 11.8. The molecule has 1 aliphatic carbocycles. The molecule has 0 fully saturated rings. The lowest BCUT2D eigenvalue weighted by atomic mass is 9.83. The maximum absolute atomic E-state index is 12.5. The van der Waals surface area contributed by atoms with Gasteiger partial charge in [0.1, 0.15) is 5.82 Å². The van der Waals surface area contributed by atoms with E-state index in [4.69, 9.17) is 10.7 Å². The number of rotatable bonds is 2. The Morgan fingerprint density at radius 1 is 1.20 bits per heavy atom. The van der Waals surface area contributed by atoms with E-state index in [1.807, 2.05) is 26.0 Å². The van der Waals surface area contributed by atoms with E-state index in [0.29, 0.717) is 12.0 Å². The molecule has 0 saturated carbocycles. The van der Waals surface area contributed by atoms with Crippen LogP contribution < -0.4 is 11.1 Å². The first-order valence-electron chi connectivity index (χ1n) is 8.38. The van der Waals surface area contributed by atoms with Gasteiger partial charge in [-0.2, -0.15) is 0 Å². The second-order valence-corrected chi connectivity index (χ2v) is 7.31. The summed E-state index contributed by atoms with van der Waals surface area (Å²) in [5.74, 6) is 0.492. The summed E-state index contributed by atoms with van der Waals surface area (Å²) in [6.07, 6.45) is 1.98. The number of ketones is 1. The summed E-state index contributed by atoms with van der Waals surface area (Å²) in [7, 11) is 0. The Hall–Kier alpha value is -2.89. The van der Waals surface area contributed by atoms with E-state index in [1.54, 1.807) is 12.1 Å². The minimum atomic E-state index is -0.452. The Labute approximate surface area is 145 Å². The molecular formula is C19H20N4O2. The minimum Gasteiger partial charge on any atom is -0.378 e. The van der Waals surface area contributed by atoms with Crippen LogP contribution in [0.4, 0.5) is 0 Å². The van der Waals surface area contributed by atoms with Crippen LogP contribution in [0, 0.1) is 0 Å². The third-order valence-corrected chi connectivity index (χ3v) is 4.79. The number of Topliss-reactive ketones (excluding diaryl/α,β-unsaturated/α-hetero) is 1. The van der Waals surface area contributed by atoms with Crippen LogP contribution >= 0.6 is 0 Å². The number of amides is 1. The number of allylic oxidation sites excluding steroid dienone is 1. The van der Waals surface area contributed by atoms with E-state index in [2.05, 4.69) is 10.3 Å². The van der Waals surface area contributed by atoms with Crippen molar-refractivity contribution < 1.29 is 9.59 Å². The molecule has 6 heteroatoms. The molecule has 0 spiro atoms. The highest BCUT2D eigenvalue weighted by atomic mass is 16.1. The van der Waals surface area contributed by atoms with Crippen LogP contribution in [0.2, 0.25) is 0 Å². The van der Waals surface area contributed by atoms with Crippen LogP contribution in [0.3, 0.4) is 0 Å². The van der Waals surface area contributed by atoms with Crippen molar-refractivity contribution in [3.8, 4) is 11.4 Å². The average Bonchev–Trinajstić information content (AvgIpc) is 2.98. The second-order valence-electron chi connectivity index (χ2n) is 7.31. The van der Waals surface area contributed by atoms with Gasteiger partial charge in [-0.15, -0.1) is 0 Å². The van der Waals surface area contributed by atoms with Crippen molar-refractivity contribution in [2.75, 3.05) is 0 Å². The van der Waals surface area contributed by atoms with Crippen LogP contribution in [0.25, 0.3) is 17.1 Å². The van der Waals surface area contributed by atoms with E-state index < -0.39 is 5.91 Å². The molecule has 0 atom stereocenters. The van der Waals surface area contributed by atoms with Crippen molar-refractivity contribution in [3.05, 3.63) is 46.8 Å². The molecule has 1 aromatic heterocycles. The molecule has 0 radical (unpaired) electrons. The fraction of sp³-hybridized carbons (Fsp3) is 0.316. The molecular weight excluding hydrogens is 316 g/mol. The molecule has 1 amide bonds. The molecule has 1 aliphatic heterocycles. The van der Waals surface area contributed by atoms with Crippen molar-refractivity contribution in [2.45, 2.75) is 38.6 Å². The van der Waals surface area contributed by atoms with Crippen LogP contribution in [0.1, 0.15) is 48.4 Å². The third-order valence-electron chi connectivity index (χ3n) is 4.79. The van der Waals surface area contributed by atoms with Crippen molar-refractivity contribution in [1.29, 1.82) is 0 Å². The number of carbonyl (C=O) groups is 2. The zero-order valence-electron chi connectivity index (χ0n) is 14.3. The predicted molar refractivity (Wildman–Crippen MR) is 94.6 cm³/mol. The molecule has 25 heavy (non-hydrogen) atoms.